The molecular formula is C17H13F3N4O5S. The molecule has 3 aromatic rings. The highest BCUT2D eigenvalue weighted by Gasteiger charge is 2.32. The van der Waals surface area contributed by atoms with Crippen molar-refractivity contribution < 1.29 is 31.2 Å². The molecule has 30 heavy (non-hydrogen) atoms. The fourth-order valence-corrected chi connectivity index (χ4v) is 3.81. The van der Waals surface area contributed by atoms with Gasteiger partial charge >= 0.3 is 6.18 Å². The predicted octanol–water partition coefficient (Wildman–Crippen LogP) is 3.61. The zero-order chi connectivity index (χ0) is 22.1. The van der Waals surface area contributed by atoms with Gasteiger partial charge in [0.15, 0.2) is 0 Å². The number of hydrogen-bond donors (Lipinski definition) is 1. The van der Waals surface area contributed by atoms with Gasteiger partial charge in [-0.25, -0.2) is 13.1 Å². The lowest BCUT2D eigenvalue weighted by molar-refractivity contribution is -0.385. The van der Waals surface area contributed by atoms with Crippen LogP contribution in [0.25, 0.3) is 5.69 Å². The van der Waals surface area contributed by atoms with Gasteiger partial charge < -0.3 is 4.74 Å². The molecule has 0 aliphatic carbocycles. The summed E-state index contributed by atoms with van der Waals surface area (Å²) in [6.45, 7) is 0. The molecule has 2 aromatic carbocycles. The Kier molecular flexibility index (Phi) is 5.39. The second kappa shape index (κ2) is 7.67. The summed E-state index contributed by atoms with van der Waals surface area (Å²) in [4.78, 5) is 9.67. The molecule has 9 nitrogen and oxygen atoms in total. The number of hydrogen-bond acceptors (Lipinski definition) is 6. The molecule has 1 N–H and O–H groups in total. The predicted molar refractivity (Wildman–Crippen MR) is 99.0 cm³/mol. The number of nitro benzene ring substituents is 1. The van der Waals surface area contributed by atoms with Crippen LogP contribution in [-0.4, -0.2) is 30.2 Å². The number of benzene rings is 2. The van der Waals surface area contributed by atoms with Crippen molar-refractivity contribution in [3.8, 4) is 11.4 Å². The summed E-state index contributed by atoms with van der Waals surface area (Å²) in [5.41, 5.74) is -1.85. The highest BCUT2D eigenvalue weighted by molar-refractivity contribution is 7.92. The third-order valence-electron chi connectivity index (χ3n) is 3.97. The highest BCUT2D eigenvalue weighted by Crippen LogP contribution is 2.35. The molecule has 1 heterocycles. The average Bonchev–Trinajstić information content (AvgIpc) is 3.20. The van der Waals surface area contributed by atoms with Gasteiger partial charge in [-0.3, -0.25) is 14.8 Å². The summed E-state index contributed by atoms with van der Waals surface area (Å²) in [6, 6.07) is 6.77. The second-order valence-corrected chi connectivity index (χ2v) is 7.53. The van der Waals surface area contributed by atoms with E-state index in [1.54, 1.807) is 0 Å². The van der Waals surface area contributed by atoms with Crippen LogP contribution in [0.4, 0.5) is 24.5 Å². The summed E-state index contributed by atoms with van der Waals surface area (Å²) >= 11 is 0. The van der Waals surface area contributed by atoms with Crippen molar-refractivity contribution in [2.75, 3.05) is 11.8 Å². The number of rotatable bonds is 6. The molecular weight excluding hydrogens is 429 g/mol. The molecule has 0 unspecified atom stereocenters. The smallest absolute Gasteiger partial charge is 0.416 e. The van der Waals surface area contributed by atoms with E-state index in [1.807, 2.05) is 0 Å². The third kappa shape index (κ3) is 4.20. The van der Waals surface area contributed by atoms with Crippen LogP contribution in [0.15, 0.2) is 59.8 Å². The van der Waals surface area contributed by atoms with Crippen LogP contribution in [0, 0.1) is 10.1 Å². The Balaban J connectivity index is 2.11. The average molecular weight is 442 g/mol. The monoisotopic (exact) mass is 442 g/mol. The summed E-state index contributed by atoms with van der Waals surface area (Å²) in [5, 5.41) is 14.8. The number of non-ortho nitro benzene ring substituents is 1. The molecule has 158 valence electrons. The van der Waals surface area contributed by atoms with Crippen LogP contribution in [0.3, 0.4) is 0 Å². The van der Waals surface area contributed by atoms with Crippen molar-refractivity contribution in [1.82, 2.24) is 9.78 Å². The number of nitrogens with one attached hydrogen (secondary N) is 1. The van der Waals surface area contributed by atoms with Crippen molar-refractivity contribution in [1.29, 1.82) is 0 Å². The van der Waals surface area contributed by atoms with Crippen LogP contribution in [0.1, 0.15) is 5.56 Å². The molecule has 0 amide bonds. The lowest BCUT2D eigenvalue weighted by Gasteiger charge is -2.16. The molecule has 0 saturated carbocycles. The van der Waals surface area contributed by atoms with Crippen LogP contribution in [-0.2, 0) is 16.2 Å². The number of nitro groups is 1. The second-order valence-electron chi connectivity index (χ2n) is 5.88. The standard InChI is InChI=1S/C17H13F3N4O5S/c1-29-15-10-12(24(25)26)4-6-16(15)30(27,28)22-13-9-11(17(18,19)20)3-5-14(13)23-8-2-7-21-23/h2-10,22H,1H3. The molecule has 0 bridgehead atoms. The van der Waals surface area contributed by atoms with Crippen LogP contribution in [0.5, 0.6) is 5.75 Å². The Hall–Kier alpha value is -3.61. The summed E-state index contributed by atoms with van der Waals surface area (Å²) in [5.74, 6) is -0.343. The van der Waals surface area contributed by atoms with Crippen molar-refractivity contribution in [2.45, 2.75) is 11.1 Å². The van der Waals surface area contributed by atoms with E-state index in [1.165, 1.54) is 23.1 Å². The first-order valence-corrected chi connectivity index (χ1v) is 9.58. The van der Waals surface area contributed by atoms with Crippen molar-refractivity contribution in [2.24, 2.45) is 0 Å². The van der Waals surface area contributed by atoms with Gasteiger partial charge in [-0.15, -0.1) is 0 Å². The Morgan fingerprint density at radius 3 is 2.50 bits per heavy atom. The van der Waals surface area contributed by atoms with Crippen molar-refractivity contribution in [3.05, 3.63) is 70.5 Å². The van der Waals surface area contributed by atoms with E-state index in [0.29, 0.717) is 6.07 Å². The number of alkyl halides is 3. The zero-order valence-electron chi connectivity index (χ0n) is 15.1. The molecule has 3 rings (SSSR count). The maximum absolute atomic E-state index is 13.2. The van der Waals surface area contributed by atoms with Gasteiger partial charge in [0, 0.05) is 18.5 Å². The van der Waals surface area contributed by atoms with Gasteiger partial charge in [0.1, 0.15) is 10.6 Å². The molecule has 13 heteroatoms. The SMILES string of the molecule is COc1cc([N+](=O)[O-])ccc1S(=O)(=O)Nc1cc(C(F)(F)F)ccc1-n1cccn1. The molecule has 0 fully saturated rings. The van der Waals surface area contributed by atoms with Crippen molar-refractivity contribution >= 4 is 21.4 Å². The number of halogens is 3. The topological polar surface area (TPSA) is 116 Å². The number of sulfonamides is 1. The Morgan fingerprint density at radius 1 is 1.20 bits per heavy atom. The fraction of sp³-hybridized carbons (Fsp3) is 0.118. The maximum Gasteiger partial charge on any atom is 0.416 e. The number of methoxy groups -OCH3 is 1. The minimum atomic E-state index is -4.71. The number of anilines is 1. The largest absolute Gasteiger partial charge is 0.495 e. The van der Waals surface area contributed by atoms with Gasteiger partial charge in [0.2, 0.25) is 0 Å². The van der Waals surface area contributed by atoms with E-state index in [2.05, 4.69) is 9.82 Å². The molecule has 1 aromatic heterocycles. The molecule has 0 atom stereocenters. The van der Waals surface area contributed by atoms with Crippen LogP contribution >= 0.6 is 0 Å². The maximum atomic E-state index is 13.2. The van der Waals surface area contributed by atoms with E-state index in [0.717, 1.165) is 37.4 Å². The Bertz CT molecular complexity index is 1190. The molecule has 0 radical (unpaired) electrons. The molecule has 0 saturated heterocycles. The van der Waals surface area contributed by atoms with Gasteiger partial charge in [-0.05, 0) is 30.3 Å². The van der Waals surface area contributed by atoms with Gasteiger partial charge in [0.05, 0.1) is 35.0 Å². The minimum Gasteiger partial charge on any atom is -0.495 e. The first-order valence-electron chi connectivity index (χ1n) is 8.09. The summed E-state index contributed by atoms with van der Waals surface area (Å²) < 4.78 is 73.4. The van der Waals surface area contributed by atoms with E-state index in [-0.39, 0.29) is 11.4 Å². The number of ether oxygens (including phenoxy) is 1. The lowest BCUT2D eigenvalue weighted by Crippen LogP contribution is -2.17. The normalized spacial score (nSPS) is 11.9. The Labute approximate surface area is 167 Å². The molecule has 0 aliphatic rings. The van der Waals surface area contributed by atoms with Crippen molar-refractivity contribution in [3.63, 3.8) is 0 Å². The van der Waals surface area contributed by atoms with Crippen LogP contribution < -0.4 is 9.46 Å². The zero-order valence-corrected chi connectivity index (χ0v) is 15.9. The van der Waals surface area contributed by atoms with Gasteiger partial charge in [-0.1, -0.05) is 0 Å². The first-order chi connectivity index (χ1) is 14.0. The highest BCUT2D eigenvalue weighted by atomic mass is 32.2. The minimum absolute atomic E-state index is 0.0393. The van der Waals surface area contributed by atoms with E-state index in [4.69, 9.17) is 4.74 Å². The molecule has 0 aliphatic heterocycles. The Morgan fingerprint density at radius 2 is 1.93 bits per heavy atom. The van der Waals surface area contributed by atoms with Crippen LogP contribution in [0.2, 0.25) is 0 Å². The summed E-state index contributed by atoms with van der Waals surface area (Å²) in [7, 11) is -3.37. The number of nitrogens with zero attached hydrogens (tertiary/aromatic N) is 3. The summed E-state index contributed by atoms with van der Waals surface area (Å²) in [6.07, 6.45) is -1.92. The third-order valence-corrected chi connectivity index (χ3v) is 5.37. The molecule has 0 spiro atoms. The van der Waals surface area contributed by atoms with Gasteiger partial charge in [-0.2, -0.15) is 18.3 Å². The first kappa shape index (κ1) is 21.1. The van der Waals surface area contributed by atoms with E-state index >= 15 is 0 Å². The fourth-order valence-electron chi connectivity index (χ4n) is 2.60. The quantitative estimate of drug-likeness (QED) is 0.461. The van der Waals surface area contributed by atoms with Gasteiger partial charge in [0.25, 0.3) is 15.7 Å². The lowest BCUT2D eigenvalue weighted by atomic mass is 10.1. The van der Waals surface area contributed by atoms with E-state index in [9.17, 15) is 31.7 Å². The van der Waals surface area contributed by atoms with E-state index < -0.39 is 43.0 Å². The number of aromatic nitrogens is 2.